The topological polar surface area (TPSA) is 66.9 Å². The fraction of sp³-hybridized carbons (Fsp3) is 0.450. The van der Waals surface area contributed by atoms with Crippen molar-refractivity contribution in [2.24, 2.45) is 0 Å². The Kier molecular flexibility index (Phi) is 5.31. The number of amides is 1. The third-order valence-electron chi connectivity index (χ3n) is 4.77. The number of benzene rings is 1. The molecule has 0 radical (unpaired) electrons. The van der Waals surface area contributed by atoms with Gasteiger partial charge in [0.1, 0.15) is 0 Å². The van der Waals surface area contributed by atoms with Crippen LogP contribution >= 0.6 is 0 Å². The van der Waals surface area contributed by atoms with E-state index in [1.165, 1.54) is 24.8 Å². The van der Waals surface area contributed by atoms with Crippen LogP contribution in [0.5, 0.6) is 0 Å². The summed E-state index contributed by atoms with van der Waals surface area (Å²) in [5.41, 5.74) is 5.06. The third-order valence-corrected chi connectivity index (χ3v) is 4.77. The molecule has 0 saturated heterocycles. The summed E-state index contributed by atoms with van der Waals surface area (Å²) in [5.74, 6) is 0.422. The molecule has 1 aromatic heterocycles. The van der Waals surface area contributed by atoms with Gasteiger partial charge >= 0.3 is 0 Å². The molecule has 0 aliphatic heterocycles. The second-order valence-corrected chi connectivity index (χ2v) is 7.00. The van der Waals surface area contributed by atoms with Crippen molar-refractivity contribution in [3.63, 3.8) is 0 Å². The number of rotatable bonds is 4. The molecule has 1 amide bonds. The molecule has 2 N–H and O–H groups in total. The Morgan fingerprint density at radius 2 is 1.60 bits per heavy atom. The van der Waals surface area contributed by atoms with E-state index in [0.29, 0.717) is 11.5 Å². The molecule has 0 atom stereocenters. The lowest BCUT2D eigenvalue weighted by molar-refractivity contribution is 0.0927. The number of aromatic nitrogens is 2. The molecule has 25 heavy (non-hydrogen) atoms. The molecule has 1 saturated carbocycles. The zero-order chi connectivity index (χ0) is 17.8. The minimum Gasteiger partial charge on any atom is -0.349 e. The molecule has 5 nitrogen and oxygen atoms in total. The van der Waals surface area contributed by atoms with Crippen molar-refractivity contribution >= 4 is 17.5 Å². The van der Waals surface area contributed by atoms with Gasteiger partial charge in [-0.25, -0.2) is 9.97 Å². The van der Waals surface area contributed by atoms with Crippen LogP contribution in [0.4, 0.5) is 11.6 Å². The van der Waals surface area contributed by atoms with Gasteiger partial charge in [-0.05, 0) is 44.7 Å². The maximum atomic E-state index is 12.3. The molecule has 5 heteroatoms. The van der Waals surface area contributed by atoms with Gasteiger partial charge in [0.25, 0.3) is 5.91 Å². The van der Waals surface area contributed by atoms with Crippen LogP contribution < -0.4 is 10.6 Å². The van der Waals surface area contributed by atoms with E-state index in [9.17, 15) is 4.79 Å². The number of carbonyl (C=O) groups excluding carboxylic acids is 1. The van der Waals surface area contributed by atoms with E-state index in [-0.39, 0.29) is 11.9 Å². The van der Waals surface area contributed by atoms with E-state index in [4.69, 9.17) is 0 Å². The lowest BCUT2D eigenvalue weighted by Crippen LogP contribution is -2.36. The Morgan fingerprint density at radius 3 is 2.20 bits per heavy atom. The molecule has 2 aromatic rings. The Hall–Kier alpha value is -2.43. The lowest BCUT2D eigenvalue weighted by atomic mass is 9.95. The molecule has 1 heterocycles. The van der Waals surface area contributed by atoms with Crippen molar-refractivity contribution in [2.75, 3.05) is 5.32 Å². The molecular formula is C20H26N4O. The summed E-state index contributed by atoms with van der Waals surface area (Å²) in [6.45, 7) is 6.21. The molecule has 1 aliphatic carbocycles. The number of anilines is 2. The summed E-state index contributed by atoms with van der Waals surface area (Å²) in [6, 6.07) is 4.54. The van der Waals surface area contributed by atoms with Crippen molar-refractivity contribution < 1.29 is 4.79 Å². The highest BCUT2D eigenvalue weighted by Gasteiger charge is 2.17. The van der Waals surface area contributed by atoms with E-state index >= 15 is 0 Å². The summed E-state index contributed by atoms with van der Waals surface area (Å²) in [7, 11) is 0. The van der Waals surface area contributed by atoms with Gasteiger partial charge < -0.3 is 10.6 Å². The van der Waals surface area contributed by atoms with Crippen LogP contribution in [0.3, 0.4) is 0 Å². The average Bonchev–Trinajstić information content (AvgIpc) is 2.59. The van der Waals surface area contributed by atoms with Gasteiger partial charge in [0.05, 0.1) is 5.56 Å². The summed E-state index contributed by atoms with van der Waals surface area (Å²) >= 11 is 0. The van der Waals surface area contributed by atoms with Crippen LogP contribution in [0.1, 0.15) is 59.2 Å². The van der Waals surface area contributed by atoms with Gasteiger partial charge in [0, 0.05) is 24.1 Å². The number of nitrogens with zero attached hydrogens (tertiary/aromatic N) is 2. The zero-order valence-corrected chi connectivity index (χ0v) is 15.2. The van der Waals surface area contributed by atoms with Gasteiger partial charge in [-0.3, -0.25) is 4.79 Å². The Labute approximate surface area is 149 Å². The summed E-state index contributed by atoms with van der Waals surface area (Å²) in [5, 5.41) is 6.35. The van der Waals surface area contributed by atoms with Gasteiger partial charge in [0.15, 0.2) is 0 Å². The highest BCUT2D eigenvalue weighted by Crippen LogP contribution is 2.24. The van der Waals surface area contributed by atoms with E-state index in [2.05, 4.69) is 53.5 Å². The van der Waals surface area contributed by atoms with Gasteiger partial charge in [-0.1, -0.05) is 37.0 Å². The molecule has 0 bridgehead atoms. The first-order valence-electron chi connectivity index (χ1n) is 9.00. The number of hydrogen-bond donors (Lipinski definition) is 2. The van der Waals surface area contributed by atoms with Crippen molar-refractivity contribution in [1.29, 1.82) is 0 Å². The smallest absolute Gasteiger partial charge is 0.254 e. The normalized spacial score (nSPS) is 15.0. The standard InChI is InChI=1S/C20H26N4O/c1-13-9-14(2)18(15(3)10-13)24-20-21-11-16(12-22-20)19(25)23-17-7-5-4-6-8-17/h9-12,17H,4-8H2,1-3H3,(H,23,25)(H,21,22,24). The Morgan fingerprint density at radius 1 is 1.00 bits per heavy atom. The number of nitrogens with one attached hydrogen (secondary N) is 2. The molecule has 0 spiro atoms. The van der Waals surface area contributed by atoms with E-state index in [1.54, 1.807) is 12.4 Å². The lowest BCUT2D eigenvalue weighted by Gasteiger charge is -2.22. The second kappa shape index (κ2) is 7.64. The van der Waals surface area contributed by atoms with Gasteiger partial charge in [0.2, 0.25) is 5.95 Å². The van der Waals surface area contributed by atoms with Crippen LogP contribution in [-0.4, -0.2) is 21.9 Å². The third kappa shape index (κ3) is 4.35. The fourth-order valence-corrected chi connectivity index (χ4v) is 3.51. The highest BCUT2D eigenvalue weighted by atomic mass is 16.1. The molecule has 3 rings (SSSR count). The van der Waals surface area contributed by atoms with E-state index in [1.807, 2.05) is 0 Å². The fourth-order valence-electron chi connectivity index (χ4n) is 3.51. The summed E-state index contributed by atoms with van der Waals surface area (Å²) in [4.78, 5) is 20.9. The Bertz CT molecular complexity index is 726. The van der Waals surface area contributed by atoms with E-state index in [0.717, 1.165) is 29.7 Å². The van der Waals surface area contributed by atoms with Gasteiger partial charge in [-0.15, -0.1) is 0 Å². The van der Waals surface area contributed by atoms with Crippen LogP contribution in [0.25, 0.3) is 0 Å². The SMILES string of the molecule is Cc1cc(C)c(Nc2ncc(C(=O)NC3CCCCC3)cn2)c(C)c1. The highest BCUT2D eigenvalue weighted by molar-refractivity contribution is 5.93. The molecule has 1 aliphatic rings. The van der Waals surface area contributed by atoms with E-state index < -0.39 is 0 Å². The quantitative estimate of drug-likeness (QED) is 0.876. The molecule has 1 fully saturated rings. The largest absolute Gasteiger partial charge is 0.349 e. The van der Waals surface area contributed by atoms with Crippen molar-refractivity contribution in [3.05, 3.63) is 46.8 Å². The predicted molar refractivity (Wildman–Crippen MR) is 100 cm³/mol. The summed E-state index contributed by atoms with van der Waals surface area (Å²) in [6.07, 6.45) is 8.97. The van der Waals surface area contributed by atoms with Crippen LogP contribution in [-0.2, 0) is 0 Å². The first-order valence-corrected chi connectivity index (χ1v) is 9.00. The molecular weight excluding hydrogens is 312 g/mol. The number of hydrogen-bond acceptors (Lipinski definition) is 4. The van der Waals surface area contributed by atoms with Crippen LogP contribution in [0.2, 0.25) is 0 Å². The molecule has 132 valence electrons. The average molecular weight is 338 g/mol. The maximum absolute atomic E-state index is 12.3. The van der Waals surface area contributed by atoms with Crippen LogP contribution in [0.15, 0.2) is 24.5 Å². The summed E-state index contributed by atoms with van der Waals surface area (Å²) < 4.78 is 0. The first-order chi connectivity index (χ1) is 12.0. The molecule has 0 unspecified atom stereocenters. The maximum Gasteiger partial charge on any atom is 0.254 e. The van der Waals surface area contributed by atoms with Gasteiger partial charge in [-0.2, -0.15) is 0 Å². The first kappa shape index (κ1) is 17.4. The van der Waals surface area contributed by atoms with Crippen molar-refractivity contribution in [2.45, 2.75) is 58.9 Å². The monoisotopic (exact) mass is 338 g/mol. The zero-order valence-electron chi connectivity index (χ0n) is 15.2. The predicted octanol–water partition coefficient (Wildman–Crippen LogP) is 4.21. The second-order valence-electron chi connectivity index (χ2n) is 7.00. The number of aryl methyl sites for hydroxylation is 3. The minimum atomic E-state index is -0.0823. The van der Waals surface area contributed by atoms with Crippen molar-refractivity contribution in [3.8, 4) is 0 Å². The number of carbonyl (C=O) groups is 1. The Balaban J connectivity index is 1.67. The minimum absolute atomic E-state index is 0.0823. The molecule has 1 aromatic carbocycles. The van der Waals surface area contributed by atoms with Crippen molar-refractivity contribution in [1.82, 2.24) is 15.3 Å². The van der Waals surface area contributed by atoms with Crippen LogP contribution in [0, 0.1) is 20.8 Å².